The summed E-state index contributed by atoms with van der Waals surface area (Å²) in [5.74, 6) is 0.292. The largest absolute Gasteiger partial charge is 0.295 e. The Kier molecular flexibility index (Phi) is 4.74. The van der Waals surface area contributed by atoms with Gasteiger partial charge in [0.05, 0.1) is 0 Å². The average Bonchev–Trinajstić information content (AvgIpc) is 2.93. The van der Waals surface area contributed by atoms with Gasteiger partial charge in [-0.2, -0.15) is 0 Å². The molecule has 0 amide bonds. The van der Waals surface area contributed by atoms with Crippen LogP contribution in [0.5, 0.6) is 0 Å². The first kappa shape index (κ1) is 13.8. The van der Waals surface area contributed by atoms with Gasteiger partial charge in [0.1, 0.15) is 0 Å². The molecule has 0 aliphatic heterocycles. The number of hydrogen-bond donors (Lipinski definition) is 0. The molecule has 2 rings (SSSR count). The third-order valence-electron chi connectivity index (χ3n) is 3.11. The van der Waals surface area contributed by atoms with Crippen molar-refractivity contribution < 1.29 is 4.79 Å². The van der Waals surface area contributed by atoms with Crippen molar-refractivity contribution in [2.45, 2.75) is 18.8 Å². The summed E-state index contributed by atoms with van der Waals surface area (Å²) in [7, 11) is 0. The maximum Gasteiger partial charge on any atom is 0.231 e. The molecule has 0 spiro atoms. The SMILES string of the molecule is C=CCC(CC(=O)n1cccc1)c1ccc(Br)cc1. The Morgan fingerprint density at radius 1 is 1.26 bits per heavy atom. The smallest absolute Gasteiger partial charge is 0.231 e. The molecule has 0 aliphatic rings. The van der Waals surface area contributed by atoms with E-state index in [9.17, 15) is 4.79 Å². The number of carbonyl (C=O) groups excluding carboxylic acids is 1. The van der Waals surface area contributed by atoms with Crippen LogP contribution in [0.3, 0.4) is 0 Å². The van der Waals surface area contributed by atoms with Crippen molar-refractivity contribution in [3.05, 3.63) is 71.5 Å². The Morgan fingerprint density at radius 2 is 1.89 bits per heavy atom. The van der Waals surface area contributed by atoms with E-state index in [1.807, 2.05) is 30.3 Å². The van der Waals surface area contributed by atoms with Crippen LogP contribution < -0.4 is 0 Å². The van der Waals surface area contributed by atoms with Gasteiger partial charge >= 0.3 is 0 Å². The zero-order chi connectivity index (χ0) is 13.7. The summed E-state index contributed by atoms with van der Waals surface area (Å²) in [4.78, 5) is 12.2. The van der Waals surface area contributed by atoms with E-state index in [0.717, 1.165) is 10.9 Å². The van der Waals surface area contributed by atoms with E-state index < -0.39 is 0 Å². The van der Waals surface area contributed by atoms with Gasteiger partial charge in [0.2, 0.25) is 5.91 Å². The summed E-state index contributed by atoms with van der Waals surface area (Å²) in [6, 6.07) is 11.8. The molecule has 0 saturated heterocycles. The van der Waals surface area contributed by atoms with Crippen molar-refractivity contribution in [2.75, 3.05) is 0 Å². The summed E-state index contributed by atoms with van der Waals surface area (Å²) in [5, 5.41) is 0. The molecule has 19 heavy (non-hydrogen) atoms. The highest BCUT2D eigenvalue weighted by Gasteiger charge is 2.15. The summed E-state index contributed by atoms with van der Waals surface area (Å²) in [6.45, 7) is 3.79. The van der Waals surface area contributed by atoms with E-state index in [4.69, 9.17) is 0 Å². The summed E-state index contributed by atoms with van der Waals surface area (Å²) < 4.78 is 2.68. The van der Waals surface area contributed by atoms with Gasteiger partial charge in [-0.25, -0.2) is 0 Å². The lowest BCUT2D eigenvalue weighted by Crippen LogP contribution is -2.13. The topological polar surface area (TPSA) is 22.0 Å². The molecular weight excluding hydrogens is 302 g/mol. The number of rotatable bonds is 5. The van der Waals surface area contributed by atoms with Crippen LogP contribution >= 0.6 is 15.9 Å². The van der Waals surface area contributed by atoms with Gasteiger partial charge in [-0.05, 0) is 42.2 Å². The van der Waals surface area contributed by atoms with Crippen LogP contribution in [-0.2, 0) is 0 Å². The number of nitrogens with zero attached hydrogens (tertiary/aromatic N) is 1. The highest BCUT2D eigenvalue weighted by atomic mass is 79.9. The van der Waals surface area contributed by atoms with E-state index >= 15 is 0 Å². The number of aromatic nitrogens is 1. The Bertz CT molecular complexity index is 543. The van der Waals surface area contributed by atoms with Gasteiger partial charge in [0, 0.05) is 23.3 Å². The van der Waals surface area contributed by atoms with Crippen LogP contribution in [0.4, 0.5) is 0 Å². The van der Waals surface area contributed by atoms with E-state index in [-0.39, 0.29) is 11.8 Å². The number of benzene rings is 1. The van der Waals surface area contributed by atoms with Crippen LogP contribution in [0.15, 0.2) is 65.9 Å². The fourth-order valence-corrected chi connectivity index (χ4v) is 2.35. The van der Waals surface area contributed by atoms with Crippen molar-refractivity contribution in [2.24, 2.45) is 0 Å². The molecular formula is C16H16BrNO. The monoisotopic (exact) mass is 317 g/mol. The molecule has 3 heteroatoms. The molecule has 0 bridgehead atoms. The summed E-state index contributed by atoms with van der Waals surface area (Å²) >= 11 is 3.42. The molecule has 2 nitrogen and oxygen atoms in total. The number of allylic oxidation sites excluding steroid dienone is 1. The minimum absolute atomic E-state index is 0.111. The van der Waals surface area contributed by atoms with Crippen LogP contribution in [0.25, 0.3) is 0 Å². The zero-order valence-electron chi connectivity index (χ0n) is 10.6. The Balaban J connectivity index is 2.14. The van der Waals surface area contributed by atoms with Gasteiger partial charge in [-0.15, -0.1) is 6.58 Å². The molecule has 0 fully saturated rings. The molecule has 0 saturated carbocycles. The van der Waals surface area contributed by atoms with Crippen LogP contribution in [0, 0.1) is 0 Å². The minimum Gasteiger partial charge on any atom is -0.295 e. The Hall–Kier alpha value is -1.61. The van der Waals surface area contributed by atoms with Gasteiger partial charge in [-0.1, -0.05) is 34.1 Å². The number of halogens is 1. The van der Waals surface area contributed by atoms with Crippen molar-refractivity contribution in [3.8, 4) is 0 Å². The maximum atomic E-state index is 12.2. The van der Waals surface area contributed by atoms with E-state index in [1.54, 1.807) is 17.0 Å². The molecule has 0 aliphatic carbocycles. The van der Waals surface area contributed by atoms with Crippen LogP contribution in [0.1, 0.15) is 29.1 Å². The molecule has 98 valence electrons. The average molecular weight is 318 g/mol. The maximum absolute atomic E-state index is 12.2. The second-order valence-corrected chi connectivity index (χ2v) is 5.38. The molecule has 0 N–H and O–H groups in total. The predicted molar refractivity (Wildman–Crippen MR) is 81.4 cm³/mol. The molecule has 1 unspecified atom stereocenters. The van der Waals surface area contributed by atoms with Crippen molar-refractivity contribution in [1.82, 2.24) is 4.57 Å². The Labute approximate surface area is 121 Å². The normalized spacial score (nSPS) is 12.1. The lowest BCUT2D eigenvalue weighted by Gasteiger charge is -2.15. The lowest BCUT2D eigenvalue weighted by molar-refractivity contribution is 0.0893. The van der Waals surface area contributed by atoms with Crippen LogP contribution in [-0.4, -0.2) is 10.5 Å². The first-order valence-electron chi connectivity index (χ1n) is 6.23. The van der Waals surface area contributed by atoms with Gasteiger partial charge in [-0.3, -0.25) is 9.36 Å². The minimum atomic E-state index is 0.111. The summed E-state index contributed by atoms with van der Waals surface area (Å²) in [6.07, 6.45) is 6.73. The molecule has 2 aromatic rings. The van der Waals surface area contributed by atoms with Gasteiger partial charge < -0.3 is 0 Å². The van der Waals surface area contributed by atoms with Crippen molar-refractivity contribution >= 4 is 21.8 Å². The zero-order valence-corrected chi connectivity index (χ0v) is 12.2. The quantitative estimate of drug-likeness (QED) is 0.736. The molecule has 0 radical (unpaired) electrons. The first-order valence-corrected chi connectivity index (χ1v) is 7.02. The lowest BCUT2D eigenvalue weighted by atomic mass is 9.92. The van der Waals surface area contributed by atoms with Crippen molar-refractivity contribution in [1.29, 1.82) is 0 Å². The standard InChI is InChI=1S/C16H16BrNO/c1-2-5-14(13-6-8-15(17)9-7-13)12-16(19)18-10-3-4-11-18/h2-4,6-11,14H,1,5,12H2. The molecule has 1 aromatic carbocycles. The first-order chi connectivity index (χ1) is 9.20. The molecule has 1 heterocycles. The number of carbonyl (C=O) groups is 1. The van der Waals surface area contributed by atoms with Crippen molar-refractivity contribution in [3.63, 3.8) is 0 Å². The Morgan fingerprint density at radius 3 is 2.47 bits per heavy atom. The highest BCUT2D eigenvalue weighted by molar-refractivity contribution is 9.10. The summed E-state index contributed by atoms with van der Waals surface area (Å²) in [5.41, 5.74) is 1.17. The second-order valence-electron chi connectivity index (χ2n) is 4.46. The third kappa shape index (κ3) is 3.67. The highest BCUT2D eigenvalue weighted by Crippen LogP contribution is 2.26. The van der Waals surface area contributed by atoms with E-state index in [0.29, 0.717) is 6.42 Å². The van der Waals surface area contributed by atoms with Gasteiger partial charge in [0.15, 0.2) is 0 Å². The van der Waals surface area contributed by atoms with E-state index in [1.165, 1.54) is 5.56 Å². The molecule has 1 aromatic heterocycles. The van der Waals surface area contributed by atoms with Crippen LogP contribution in [0.2, 0.25) is 0 Å². The van der Waals surface area contributed by atoms with E-state index in [2.05, 4.69) is 34.6 Å². The third-order valence-corrected chi connectivity index (χ3v) is 3.63. The second kappa shape index (κ2) is 6.53. The fourth-order valence-electron chi connectivity index (χ4n) is 2.09. The molecule has 1 atom stereocenters. The predicted octanol–water partition coefficient (Wildman–Crippen LogP) is 4.64. The fraction of sp³-hybridized carbons (Fsp3) is 0.188. The number of hydrogen-bond acceptors (Lipinski definition) is 1. The van der Waals surface area contributed by atoms with Gasteiger partial charge in [0.25, 0.3) is 0 Å².